The van der Waals surface area contributed by atoms with Gasteiger partial charge in [-0.1, -0.05) is 23.7 Å². The maximum atomic E-state index is 11.5. The van der Waals surface area contributed by atoms with Gasteiger partial charge in [0.15, 0.2) is 0 Å². The molecule has 1 heterocycles. The number of nitrogens with zero attached hydrogens (tertiary/aromatic N) is 1. The number of benzene rings is 2. The number of carboxylic acid groups (broad SMARTS) is 1. The summed E-state index contributed by atoms with van der Waals surface area (Å²) < 4.78 is 0. The van der Waals surface area contributed by atoms with Crippen molar-refractivity contribution in [3.63, 3.8) is 0 Å². The zero-order valence-corrected chi connectivity index (χ0v) is 12.5. The van der Waals surface area contributed by atoms with Gasteiger partial charge in [0, 0.05) is 10.6 Å². The second kappa shape index (κ2) is 5.44. The van der Waals surface area contributed by atoms with E-state index >= 15 is 0 Å². The second-order valence-electron chi connectivity index (χ2n) is 5.05. The van der Waals surface area contributed by atoms with Crippen LogP contribution in [0.25, 0.3) is 22.2 Å². The number of aliphatic hydroxyl groups is 1. The molecular weight excluding hydrogens is 304 g/mol. The summed E-state index contributed by atoms with van der Waals surface area (Å²) in [5.74, 6) is -0.754. The molecule has 5 nitrogen and oxygen atoms in total. The van der Waals surface area contributed by atoms with E-state index in [-0.39, 0.29) is 12.2 Å². The number of halogens is 1. The molecule has 6 heteroatoms. The number of H-pyrrole nitrogens is 1. The van der Waals surface area contributed by atoms with Gasteiger partial charge in [-0.2, -0.15) is 0 Å². The monoisotopic (exact) mass is 316 g/mol. The molecular formula is C16H13ClN2O3. The molecule has 0 spiro atoms. The molecule has 0 radical (unpaired) electrons. The van der Waals surface area contributed by atoms with E-state index in [2.05, 4.69) is 9.97 Å². The van der Waals surface area contributed by atoms with Crippen LogP contribution in [0.2, 0.25) is 5.02 Å². The summed E-state index contributed by atoms with van der Waals surface area (Å²) in [6, 6.07) is 8.92. The van der Waals surface area contributed by atoms with Gasteiger partial charge in [0.25, 0.3) is 0 Å². The molecule has 0 saturated heterocycles. The van der Waals surface area contributed by atoms with Crippen LogP contribution < -0.4 is 0 Å². The molecule has 3 rings (SSSR count). The predicted octanol–water partition coefficient (Wildman–Crippen LogP) is 3.38. The molecule has 0 unspecified atom stereocenters. The fraction of sp³-hybridized carbons (Fsp3) is 0.125. The number of carboxylic acids is 1. The number of aliphatic hydroxyl groups excluding tert-OH is 1. The third-order valence-corrected chi connectivity index (χ3v) is 3.76. The molecule has 0 aliphatic heterocycles. The Hall–Kier alpha value is -2.37. The lowest BCUT2D eigenvalue weighted by molar-refractivity contribution is 0.0699. The minimum absolute atomic E-state index is 0.0695. The van der Waals surface area contributed by atoms with Crippen molar-refractivity contribution in [2.45, 2.75) is 13.5 Å². The topological polar surface area (TPSA) is 86.2 Å². The molecule has 112 valence electrons. The Morgan fingerprint density at radius 1 is 1.32 bits per heavy atom. The molecule has 0 aliphatic rings. The number of aromatic carboxylic acids is 1. The van der Waals surface area contributed by atoms with Crippen molar-refractivity contribution in [3.8, 4) is 11.1 Å². The van der Waals surface area contributed by atoms with Crippen LogP contribution in [-0.2, 0) is 6.61 Å². The summed E-state index contributed by atoms with van der Waals surface area (Å²) in [5.41, 5.74) is 3.40. The van der Waals surface area contributed by atoms with E-state index in [1.807, 2.05) is 25.1 Å². The van der Waals surface area contributed by atoms with Crippen LogP contribution in [0.15, 0.2) is 30.3 Å². The van der Waals surface area contributed by atoms with Gasteiger partial charge >= 0.3 is 5.97 Å². The van der Waals surface area contributed by atoms with Gasteiger partial charge in [-0.3, -0.25) is 0 Å². The smallest absolute Gasteiger partial charge is 0.337 e. The number of hydrogen-bond acceptors (Lipinski definition) is 3. The van der Waals surface area contributed by atoms with E-state index in [9.17, 15) is 9.90 Å². The van der Waals surface area contributed by atoms with E-state index in [1.165, 1.54) is 0 Å². The summed E-state index contributed by atoms with van der Waals surface area (Å²) in [7, 11) is 0. The Labute approximate surface area is 131 Å². The largest absolute Gasteiger partial charge is 0.478 e. The van der Waals surface area contributed by atoms with Crippen molar-refractivity contribution in [1.29, 1.82) is 0 Å². The van der Waals surface area contributed by atoms with Crippen LogP contribution in [0.1, 0.15) is 21.7 Å². The molecule has 2 aromatic carbocycles. The summed E-state index contributed by atoms with van der Waals surface area (Å²) in [6.07, 6.45) is 0. The number of carbonyl (C=O) groups is 1. The Bertz CT molecular complexity index is 886. The lowest BCUT2D eigenvalue weighted by atomic mass is 10.0. The lowest BCUT2D eigenvalue weighted by Gasteiger charge is -2.07. The number of aromatic nitrogens is 2. The average Bonchev–Trinajstić information content (AvgIpc) is 2.89. The van der Waals surface area contributed by atoms with E-state index in [1.54, 1.807) is 12.1 Å². The Morgan fingerprint density at radius 3 is 2.73 bits per heavy atom. The zero-order valence-electron chi connectivity index (χ0n) is 11.7. The van der Waals surface area contributed by atoms with Crippen LogP contribution >= 0.6 is 11.6 Å². The molecule has 0 aliphatic carbocycles. The molecule has 0 bridgehead atoms. The van der Waals surface area contributed by atoms with Crippen molar-refractivity contribution >= 4 is 28.6 Å². The number of imidazole rings is 1. The number of rotatable bonds is 3. The maximum absolute atomic E-state index is 11.5. The molecule has 0 saturated carbocycles. The first kappa shape index (κ1) is 14.6. The Kier molecular flexibility index (Phi) is 3.60. The number of fused-ring (bicyclic) bond motifs is 1. The minimum Gasteiger partial charge on any atom is -0.478 e. The van der Waals surface area contributed by atoms with Gasteiger partial charge < -0.3 is 15.2 Å². The van der Waals surface area contributed by atoms with E-state index in [0.29, 0.717) is 27.4 Å². The first-order chi connectivity index (χ1) is 10.5. The van der Waals surface area contributed by atoms with Crippen molar-refractivity contribution in [1.82, 2.24) is 9.97 Å². The predicted molar refractivity (Wildman–Crippen MR) is 84.2 cm³/mol. The summed E-state index contributed by atoms with van der Waals surface area (Å²) in [5, 5.41) is 19.1. The van der Waals surface area contributed by atoms with Crippen molar-refractivity contribution in [2.24, 2.45) is 0 Å². The van der Waals surface area contributed by atoms with Crippen molar-refractivity contribution < 1.29 is 15.0 Å². The zero-order chi connectivity index (χ0) is 15.9. The van der Waals surface area contributed by atoms with Crippen molar-refractivity contribution in [2.75, 3.05) is 0 Å². The van der Waals surface area contributed by atoms with E-state index in [4.69, 9.17) is 16.7 Å². The van der Waals surface area contributed by atoms with Gasteiger partial charge in [0.05, 0.1) is 11.1 Å². The number of hydrogen-bond donors (Lipinski definition) is 3. The highest BCUT2D eigenvalue weighted by Crippen LogP contribution is 2.32. The SMILES string of the molecule is Cc1ccc(-c2cc(C(=O)O)c3nc(CO)[nH]c3c2)c(Cl)c1. The third kappa shape index (κ3) is 2.45. The molecule has 3 aromatic rings. The number of aryl methyl sites for hydroxylation is 1. The standard InChI is InChI=1S/C16H13ClN2O3/c1-8-2-3-10(12(17)4-8)9-5-11(16(21)22)15-13(6-9)18-14(7-20)19-15/h2-6,20H,7H2,1H3,(H,18,19)(H,21,22). The van der Waals surface area contributed by atoms with E-state index < -0.39 is 5.97 Å². The molecule has 0 fully saturated rings. The highest BCUT2D eigenvalue weighted by molar-refractivity contribution is 6.33. The molecule has 3 N–H and O–H groups in total. The second-order valence-corrected chi connectivity index (χ2v) is 5.46. The van der Waals surface area contributed by atoms with E-state index in [0.717, 1.165) is 11.1 Å². The van der Waals surface area contributed by atoms with Crippen LogP contribution in [0.4, 0.5) is 0 Å². The van der Waals surface area contributed by atoms with Gasteiger partial charge in [0.2, 0.25) is 0 Å². The van der Waals surface area contributed by atoms with Gasteiger partial charge in [0.1, 0.15) is 17.9 Å². The highest BCUT2D eigenvalue weighted by atomic mass is 35.5. The van der Waals surface area contributed by atoms with Gasteiger partial charge in [-0.05, 0) is 36.2 Å². The highest BCUT2D eigenvalue weighted by Gasteiger charge is 2.16. The van der Waals surface area contributed by atoms with Crippen LogP contribution in [-0.4, -0.2) is 26.2 Å². The fourth-order valence-corrected chi connectivity index (χ4v) is 2.76. The molecule has 1 aromatic heterocycles. The minimum atomic E-state index is -1.08. The molecule has 0 amide bonds. The van der Waals surface area contributed by atoms with Gasteiger partial charge in [-0.25, -0.2) is 9.78 Å². The van der Waals surface area contributed by atoms with Crippen LogP contribution in [0, 0.1) is 6.92 Å². The first-order valence-corrected chi connectivity index (χ1v) is 7.00. The lowest BCUT2D eigenvalue weighted by Crippen LogP contribution is -1.98. The Morgan fingerprint density at radius 2 is 2.09 bits per heavy atom. The van der Waals surface area contributed by atoms with Crippen LogP contribution in [0.5, 0.6) is 0 Å². The maximum Gasteiger partial charge on any atom is 0.337 e. The normalized spacial score (nSPS) is 11.0. The number of nitrogens with one attached hydrogen (secondary N) is 1. The summed E-state index contributed by atoms with van der Waals surface area (Å²) in [6.45, 7) is 1.65. The number of aromatic amines is 1. The fourth-order valence-electron chi connectivity index (χ4n) is 2.42. The van der Waals surface area contributed by atoms with Gasteiger partial charge in [-0.15, -0.1) is 0 Å². The quantitative estimate of drug-likeness (QED) is 0.691. The van der Waals surface area contributed by atoms with Crippen LogP contribution in [0.3, 0.4) is 0 Å². The van der Waals surface area contributed by atoms with Crippen molar-refractivity contribution in [3.05, 3.63) is 52.3 Å². The summed E-state index contributed by atoms with van der Waals surface area (Å²) in [4.78, 5) is 18.5. The summed E-state index contributed by atoms with van der Waals surface area (Å²) >= 11 is 6.27. The Balaban J connectivity index is 2.28. The average molecular weight is 317 g/mol. The molecule has 22 heavy (non-hydrogen) atoms. The first-order valence-electron chi connectivity index (χ1n) is 6.63. The molecule has 0 atom stereocenters. The third-order valence-electron chi connectivity index (χ3n) is 3.45.